The molecule has 1 amide bonds. The molecular weight excluding hydrogens is 372 g/mol. The predicted molar refractivity (Wildman–Crippen MR) is 121 cm³/mol. The molecule has 1 aliphatic heterocycles. The molecule has 4 rings (SSSR count). The van der Waals surface area contributed by atoms with Crippen molar-refractivity contribution in [3.8, 4) is 0 Å². The minimum absolute atomic E-state index is 0.0141. The lowest BCUT2D eigenvalue weighted by Gasteiger charge is -2.33. The van der Waals surface area contributed by atoms with Gasteiger partial charge in [-0.15, -0.1) is 0 Å². The summed E-state index contributed by atoms with van der Waals surface area (Å²) in [7, 11) is 0. The first-order valence-corrected chi connectivity index (χ1v) is 10.5. The Balaban J connectivity index is 1.36. The van der Waals surface area contributed by atoms with Crippen molar-refractivity contribution in [1.29, 1.82) is 0 Å². The molecular formula is C26H26N2O2. The van der Waals surface area contributed by atoms with E-state index < -0.39 is 0 Å². The Hall–Kier alpha value is -3.40. The maximum absolute atomic E-state index is 12.9. The van der Waals surface area contributed by atoms with E-state index in [0.717, 1.165) is 55.6 Å². The van der Waals surface area contributed by atoms with E-state index in [-0.39, 0.29) is 11.8 Å². The number of piperidine rings is 1. The predicted octanol–water partition coefficient (Wildman–Crippen LogP) is 4.95. The number of nitrogens with one attached hydrogen (secondary N) is 1. The molecule has 0 aromatic heterocycles. The normalized spacial score (nSPS) is 14.3. The number of amides is 1. The second kappa shape index (κ2) is 9.40. The van der Waals surface area contributed by atoms with Gasteiger partial charge in [0.25, 0.3) is 0 Å². The van der Waals surface area contributed by atoms with Crippen LogP contribution in [0.5, 0.6) is 0 Å². The number of anilines is 2. The molecule has 0 saturated carbocycles. The molecule has 0 spiro atoms. The van der Waals surface area contributed by atoms with E-state index >= 15 is 0 Å². The molecule has 3 aromatic rings. The summed E-state index contributed by atoms with van der Waals surface area (Å²) in [5, 5.41) is 3.17. The molecule has 152 valence electrons. The van der Waals surface area contributed by atoms with Crippen LogP contribution in [-0.4, -0.2) is 25.3 Å². The van der Waals surface area contributed by atoms with Gasteiger partial charge >= 0.3 is 0 Å². The van der Waals surface area contributed by atoms with Gasteiger partial charge in [-0.3, -0.25) is 9.59 Å². The number of aldehydes is 1. The van der Waals surface area contributed by atoms with E-state index in [1.54, 1.807) is 0 Å². The standard InChI is InChI=1S/C26H26N2O2/c29-19-21-10-12-24(13-11-21)28-16-14-22(15-17-28)26(30)27-25-9-5-4-8-23(25)18-20-6-2-1-3-7-20/h1-13,19,22H,14-18H2,(H,27,30). The topological polar surface area (TPSA) is 49.4 Å². The molecule has 0 atom stereocenters. The van der Waals surface area contributed by atoms with Crippen LogP contribution in [0.4, 0.5) is 11.4 Å². The monoisotopic (exact) mass is 398 g/mol. The zero-order valence-corrected chi connectivity index (χ0v) is 17.0. The molecule has 30 heavy (non-hydrogen) atoms. The lowest BCUT2D eigenvalue weighted by atomic mass is 9.95. The smallest absolute Gasteiger partial charge is 0.227 e. The van der Waals surface area contributed by atoms with Crippen LogP contribution >= 0.6 is 0 Å². The highest BCUT2D eigenvalue weighted by Crippen LogP contribution is 2.26. The third-order valence-electron chi connectivity index (χ3n) is 5.77. The van der Waals surface area contributed by atoms with Crippen molar-refractivity contribution >= 4 is 23.6 Å². The summed E-state index contributed by atoms with van der Waals surface area (Å²) in [5.41, 5.74) is 5.05. The minimum Gasteiger partial charge on any atom is -0.371 e. The summed E-state index contributed by atoms with van der Waals surface area (Å²) in [6.07, 6.45) is 3.30. The Kier molecular flexibility index (Phi) is 6.23. The van der Waals surface area contributed by atoms with Gasteiger partial charge in [-0.25, -0.2) is 0 Å². The van der Waals surface area contributed by atoms with Gasteiger partial charge in [-0.2, -0.15) is 0 Å². The van der Waals surface area contributed by atoms with Crippen molar-refractivity contribution in [3.05, 3.63) is 95.6 Å². The van der Waals surface area contributed by atoms with Crippen molar-refractivity contribution in [2.45, 2.75) is 19.3 Å². The van der Waals surface area contributed by atoms with E-state index in [4.69, 9.17) is 0 Å². The van der Waals surface area contributed by atoms with Gasteiger partial charge in [0.2, 0.25) is 5.91 Å². The average molecular weight is 399 g/mol. The summed E-state index contributed by atoms with van der Waals surface area (Å²) in [6.45, 7) is 1.67. The number of nitrogens with zero attached hydrogens (tertiary/aromatic N) is 1. The number of rotatable bonds is 6. The lowest BCUT2D eigenvalue weighted by Crippen LogP contribution is -2.38. The Morgan fingerprint density at radius 3 is 2.27 bits per heavy atom. The van der Waals surface area contributed by atoms with Gasteiger partial charge in [0.05, 0.1) is 0 Å². The molecule has 4 heteroatoms. The Labute approximate surface area is 177 Å². The van der Waals surface area contributed by atoms with Crippen LogP contribution < -0.4 is 10.2 Å². The number of carbonyl (C=O) groups excluding carboxylic acids is 2. The van der Waals surface area contributed by atoms with Gasteiger partial charge in [0, 0.05) is 35.9 Å². The third-order valence-corrected chi connectivity index (χ3v) is 5.77. The summed E-state index contributed by atoms with van der Waals surface area (Å²) in [5.74, 6) is 0.117. The summed E-state index contributed by atoms with van der Waals surface area (Å²) >= 11 is 0. The highest BCUT2D eigenvalue weighted by molar-refractivity contribution is 5.93. The maximum atomic E-state index is 12.9. The van der Waals surface area contributed by atoms with Crippen molar-refractivity contribution in [2.75, 3.05) is 23.3 Å². The average Bonchev–Trinajstić information content (AvgIpc) is 2.81. The molecule has 0 radical (unpaired) electrons. The Bertz CT molecular complexity index is 991. The molecule has 1 heterocycles. The largest absolute Gasteiger partial charge is 0.371 e. The first-order valence-electron chi connectivity index (χ1n) is 10.5. The van der Waals surface area contributed by atoms with Crippen LogP contribution in [0.15, 0.2) is 78.9 Å². The zero-order valence-electron chi connectivity index (χ0n) is 17.0. The molecule has 0 bridgehead atoms. The van der Waals surface area contributed by atoms with Gasteiger partial charge in [0.1, 0.15) is 6.29 Å². The van der Waals surface area contributed by atoms with Gasteiger partial charge < -0.3 is 10.2 Å². The van der Waals surface area contributed by atoms with Crippen molar-refractivity contribution < 1.29 is 9.59 Å². The fraction of sp³-hybridized carbons (Fsp3) is 0.231. The molecule has 4 nitrogen and oxygen atoms in total. The van der Waals surface area contributed by atoms with E-state index in [1.165, 1.54) is 5.56 Å². The second-order valence-corrected chi connectivity index (χ2v) is 7.78. The Morgan fingerprint density at radius 1 is 0.900 bits per heavy atom. The first-order chi connectivity index (χ1) is 14.7. The highest BCUT2D eigenvalue weighted by atomic mass is 16.1. The van der Waals surface area contributed by atoms with E-state index in [1.807, 2.05) is 60.7 Å². The minimum atomic E-state index is 0.0141. The summed E-state index contributed by atoms with van der Waals surface area (Å²) in [6, 6.07) is 26.0. The second-order valence-electron chi connectivity index (χ2n) is 7.78. The van der Waals surface area contributed by atoms with E-state index in [2.05, 4.69) is 28.4 Å². The van der Waals surface area contributed by atoms with Gasteiger partial charge in [0.15, 0.2) is 0 Å². The van der Waals surface area contributed by atoms with Crippen LogP contribution in [0, 0.1) is 5.92 Å². The molecule has 3 aromatic carbocycles. The SMILES string of the molecule is O=Cc1ccc(N2CCC(C(=O)Nc3ccccc3Cc3ccccc3)CC2)cc1. The highest BCUT2D eigenvalue weighted by Gasteiger charge is 2.25. The van der Waals surface area contributed by atoms with Gasteiger partial charge in [-0.1, -0.05) is 48.5 Å². The number of para-hydroxylation sites is 1. The molecule has 1 aliphatic rings. The summed E-state index contributed by atoms with van der Waals surface area (Å²) in [4.78, 5) is 26.0. The van der Waals surface area contributed by atoms with Crippen molar-refractivity contribution in [3.63, 3.8) is 0 Å². The van der Waals surface area contributed by atoms with E-state index in [9.17, 15) is 9.59 Å². The quantitative estimate of drug-likeness (QED) is 0.598. The molecule has 0 aliphatic carbocycles. The lowest BCUT2D eigenvalue weighted by molar-refractivity contribution is -0.120. The van der Waals surface area contributed by atoms with Crippen molar-refractivity contribution in [2.24, 2.45) is 5.92 Å². The van der Waals surface area contributed by atoms with Crippen LogP contribution in [0.3, 0.4) is 0 Å². The van der Waals surface area contributed by atoms with Crippen LogP contribution in [0.1, 0.15) is 34.3 Å². The van der Waals surface area contributed by atoms with Crippen molar-refractivity contribution in [1.82, 2.24) is 0 Å². The molecule has 1 N–H and O–H groups in total. The Morgan fingerprint density at radius 2 is 1.57 bits per heavy atom. The van der Waals surface area contributed by atoms with Crippen LogP contribution in [-0.2, 0) is 11.2 Å². The maximum Gasteiger partial charge on any atom is 0.227 e. The van der Waals surface area contributed by atoms with E-state index in [0.29, 0.717) is 5.56 Å². The molecule has 1 saturated heterocycles. The molecule has 1 fully saturated rings. The van der Waals surface area contributed by atoms with Crippen LogP contribution in [0.25, 0.3) is 0 Å². The fourth-order valence-corrected chi connectivity index (χ4v) is 4.01. The third kappa shape index (κ3) is 4.77. The zero-order chi connectivity index (χ0) is 20.8. The van der Waals surface area contributed by atoms with Gasteiger partial charge in [-0.05, 0) is 60.7 Å². The fourth-order valence-electron chi connectivity index (χ4n) is 4.01. The summed E-state index contributed by atoms with van der Waals surface area (Å²) < 4.78 is 0. The number of carbonyl (C=O) groups is 2. The van der Waals surface area contributed by atoms with Crippen LogP contribution in [0.2, 0.25) is 0 Å². The molecule has 0 unspecified atom stereocenters. The number of hydrogen-bond acceptors (Lipinski definition) is 3. The number of hydrogen-bond donors (Lipinski definition) is 1. The first kappa shape index (κ1) is 19.9. The number of benzene rings is 3.